The van der Waals surface area contributed by atoms with Gasteiger partial charge in [0.05, 0.1) is 25.0 Å². The summed E-state index contributed by atoms with van der Waals surface area (Å²) in [5.41, 5.74) is 0.694. The lowest BCUT2D eigenvalue weighted by molar-refractivity contribution is -0.613. The van der Waals surface area contributed by atoms with Gasteiger partial charge in [-0.2, -0.15) is 4.73 Å². The van der Waals surface area contributed by atoms with Gasteiger partial charge in [0.25, 0.3) is 0 Å². The summed E-state index contributed by atoms with van der Waals surface area (Å²) in [6.07, 6.45) is 3.87. The monoisotopic (exact) mass is 444 g/mol. The lowest BCUT2D eigenvalue weighted by Gasteiger charge is -2.28. The molecule has 0 bridgehead atoms. The van der Waals surface area contributed by atoms with E-state index in [0.29, 0.717) is 38.4 Å². The SMILES string of the molecule is O=C(O)CN1CCCN(CC(=O)O)CCCN(Cc2c3ccccc3cc[n+]2[O-])CCC1. The molecule has 174 valence electrons. The van der Waals surface area contributed by atoms with E-state index < -0.39 is 11.9 Å². The molecular weight excluding hydrogens is 412 g/mol. The highest BCUT2D eigenvalue weighted by molar-refractivity contribution is 5.83. The zero-order valence-corrected chi connectivity index (χ0v) is 18.4. The van der Waals surface area contributed by atoms with E-state index >= 15 is 0 Å². The largest absolute Gasteiger partial charge is 0.618 e. The van der Waals surface area contributed by atoms with E-state index in [-0.39, 0.29) is 13.1 Å². The Kier molecular flexibility index (Phi) is 8.78. The fourth-order valence-corrected chi connectivity index (χ4v) is 4.37. The van der Waals surface area contributed by atoms with Gasteiger partial charge in [0.15, 0.2) is 6.20 Å². The van der Waals surface area contributed by atoms with Crippen molar-refractivity contribution in [2.45, 2.75) is 25.8 Å². The third-order valence-electron chi connectivity index (χ3n) is 5.86. The highest BCUT2D eigenvalue weighted by Crippen LogP contribution is 2.17. The van der Waals surface area contributed by atoms with Gasteiger partial charge < -0.3 is 15.4 Å². The summed E-state index contributed by atoms with van der Waals surface area (Å²) < 4.78 is 0.923. The first kappa shape index (κ1) is 23.9. The summed E-state index contributed by atoms with van der Waals surface area (Å²) in [4.78, 5) is 28.5. The summed E-state index contributed by atoms with van der Waals surface area (Å²) in [5.74, 6) is -1.72. The van der Waals surface area contributed by atoms with Crippen LogP contribution >= 0.6 is 0 Å². The van der Waals surface area contributed by atoms with Crippen molar-refractivity contribution in [1.82, 2.24) is 14.7 Å². The van der Waals surface area contributed by atoms with Gasteiger partial charge in [-0.05, 0) is 70.0 Å². The maximum absolute atomic E-state index is 12.6. The van der Waals surface area contributed by atoms with Gasteiger partial charge in [0.1, 0.15) is 0 Å². The van der Waals surface area contributed by atoms with Crippen LogP contribution in [0.3, 0.4) is 0 Å². The molecule has 0 radical (unpaired) electrons. The second-order valence-electron chi connectivity index (χ2n) is 8.35. The lowest BCUT2D eigenvalue weighted by atomic mass is 10.1. The van der Waals surface area contributed by atoms with Crippen LogP contribution in [0, 0.1) is 5.21 Å². The molecule has 0 amide bonds. The summed E-state index contributed by atoms with van der Waals surface area (Å²) in [7, 11) is 0. The maximum Gasteiger partial charge on any atom is 0.317 e. The van der Waals surface area contributed by atoms with E-state index in [1.54, 1.807) is 0 Å². The van der Waals surface area contributed by atoms with Crippen molar-refractivity contribution in [2.24, 2.45) is 0 Å². The smallest absolute Gasteiger partial charge is 0.317 e. The molecule has 1 aliphatic rings. The van der Waals surface area contributed by atoms with Crippen LogP contribution in [-0.2, 0) is 16.1 Å². The number of hydrogen-bond donors (Lipinski definition) is 2. The van der Waals surface area contributed by atoms with E-state index in [2.05, 4.69) is 4.90 Å². The fraction of sp³-hybridized carbons (Fsp3) is 0.522. The van der Waals surface area contributed by atoms with Crippen LogP contribution in [0.4, 0.5) is 0 Å². The minimum absolute atomic E-state index is 0.0250. The molecule has 1 saturated heterocycles. The molecule has 0 spiro atoms. The molecule has 1 fully saturated rings. The molecule has 3 rings (SSSR count). The summed E-state index contributed by atoms with van der Waals surface area (Å²) in [6.45, 7) is 4.44. The van der Waals surface area contributed by atoms with E-state index in [1.165, 1.54) is 6.20 Å². The quantitative estimate of drug-likeness (QED) is 0.506. The number of carboxylic acids is 2. The standard InChI is InChI=1S/C23H32N4O5/c28-22(29)17-25-11-3-9-24(10-4-12-26(14-5-13-25)18-23(30)31)16-21-20-7-2-1-6-19(20)8-15-27(21)32/h1-2,6-8,15H,3-5,9-14,16-18H2,(H,28,29)(H,30,31). The summed E-state index contributed by atoms with van der Waals surface area (Å²) in [5, 5.41) is 33.0. The van der Waals surface area contributed by atoms with Gasteiger partial charge in [-0.25, -0.2) is 0 Å². The molecule has 9 heteroatoms. The molecule has 0 unspecified atom stereocenters. The van der Waals surface area contributed by atoms with Crippen LogP contribution in [-0.4, -0.2) is 89.2 Å². The minimum atomic E-state index is -0.862. The number of fused-ring (bicyclic) bond motifs is 1. The Morgan fingerprint density at radius 2 is 1.31 bits per heavy atom. The second-order valence-corrected chi connectivity index (χ2v) is 8.35. The third-order valence-corrected chi connectivity index (χ3v) is 5.86. The molecule has 2 aromatic rings. The number of hydrogen-bond acceptors (Lipinski definition) is 6. The molecule has 0 aliphatic carbocycles. The van der Waals surface area contributed by atoms with Crippen molar-refractivity contribution < 1.29 is 24.5 Å². The highest BCUT2D eigenvalue weighted by atomic mass is 16.5. The van der Waals surface area contributed by atoms with Gasteiger partial charge in [0.2, 0.25) is 5.69 Å². The van der Waals surface area contributed by atoms with Gasteiger partial charge in [-0.3, -0.25) is 24.3 Å². The molecule has 0 saturated carbocycles. The molecule has 1 aromatic carbocycles. The Hall–Kier alpha value is -2.75. The van der Waals surface area contributed by atoms with Crippen molar-refractivity contribution in [3.05, 3.63) is 47.4 Å². The minimum Gasteiger partial charge on any atom is -0.618 e. The first-order valence-electron chi connectivity index (χ1n) is 11.1. The van der Waals surface area contributed by atoms with Crippen LogP contribution in [0.15, 0.2) is 36.5 Å². The average Bonchev–Trinajstić information content (AvgIpc) is 2.73. The Bertz CT molecular complexity index is 892. The number of rotatable bonds is 6. The molecule has 2 heterocycles. The predicted molar refractivity (Wildman–Crippen MR) is 120 cm³/mol. The van der Waals surface area contributed by atoms with Crippen molar-refractivity contribution in [2.75, 3.05) is 52.4 Å². The lowest BCUT2D eigenvalue weighted by Crippen LogP contribution is -2.41. The Morgan fingerprint density at radius 3 is 1.84 bits per heavy atom. The van der Waals surface area contributed by atoms with Gasteiger partial charge >= 0.3 is 11.9 Å². The highest BCUT2D eigenvalue weighted by Gasteiger charge is 2.19. The van der Waals surface area contributed by atoms with E-state index in [0.717, 1.165) is 47.9 Å². The van der Waals surface area contributed by atoms with Crippen molar-refractivity contribution in [3.63, 3.8) is 0 Å². The summed E-state index contributed by atoms with van der Waals surface area (Å²) >= 11 is 0. The summed E-state index contributed by atoms with van der Waals surface area (Å²) in [6, 6.07) is 9.64. The second kappa shape index (κ2) is 11.8. The molecule has 1 aliphatic heterocycles. The van der Waals surface area contributed by atoms with Crippen molar-refractivity contribution in [3.8, 4) is 0 Å². The van der Waals surface area contributed by atoms with E-state index in [9.17, 15) is 25.0 Å². The van der Waals surface area contributed by atoms with Gasteiger partial charge in [-0.1, -0.05) is 18.2 Å². The van der Waals surface area contributed by atoms with Crippen LogP contribution in [0.25, 0.3) is 10.8 Å². The van der Waals surface area contributed by atoms with Crippen LogP contribution in [0.2, 0.25) is 0 Å². The number of carboxylic acid groups (broad SMARTS) is 2. The third kappa shape index (κ3) is 7.15. The average molecular weight is 445 g/mol. The zero-order valence-electron chi connectivity index (χ0n) is 18.4. The van der Waals surface area contributed by atoms with Crippen molar-refractivity contribution in [1.29, 1.82) is 0 Å². The first-order chi connectivity index (χ1) is 15.4. The maximum atomic E-state index is 12.6. The van der Waals surface area contributed by atoms with Crippen LogP contribution in [0.5, 0.6) is 0 Å². The topological polar surface area (TPSA) is 111 Å². The molecule has 32 heavy (non-hydrogen) atoms. The zero-order chi connectivity index (χ0) is 22.9. The normalized spacial score (nSPS) is 18.1. The number of nitrogens with zero attached hydrogens (tertiary/aromatic N) is 4. The Labute approximate surface area is 188 Å². The number of aliphatic carboxylic acids is 2. The predicted octanol–water partition coefficient (Wildman–Crippen LogP) is 1.23. The van der Waals surface area contributed by atoms with E-state index in [1.807, 2.05) is 40.1 Å². The van der Waals surface area contributed by atoms with Gasteiger partial charge in [0, 0.05) is 6.07 Å². The molecule has 0 atom stereocenters. The van der Waals surface area contributed by atoms with Crippen molar-refractivity contribution >= 4 is 22.7 Å². The molecular formula is C23H32N4O5. The number of carbonyl (C=O) groups is 2. The van der Waals surface area contributed by atoms with E-state index in [4.69, 9.17) is 0 Å². The molecule has 9 nitrogen and oxygen atoms in total. The first-order valence-corrected chi connectivity index (χ1v) is 11.1. The number of benzene rings is 1. The molecule has 2 N–H and O–H groups in total. The number of aromatic nitrogens is 1. The molecule has 1 aromatic heterocycles. The van der Waals surface area contributed by atoms with Crippen LogP contribution in [0.1, 0.15) is 25.0 Å². The Morgan fingerprint density at radius 1 is 0.812 bits per heavy atom. The number of pyridine rings is 1. The Balaban J connectivity index is 1.75. The van der Waals surface area contributed by atoms with Crippen LogP contribution < -0.4 is 4.73 Å². The van der Waals surface area contributed by atoms with Gasteiger partial charge in [-0.15, -0.1) is 0 Å². The fourth-order valence-electron chi connectivity index (χ4n) is 4.37.